The highest BCUT2D eigenvalue weighted by Crippen LogP contribution is 2.37. The summed E-state index contributed by atoms with van der Waals surface area (Å²) in [6.45, 7) is 6.20. The van der Waals surface area contributed by atoms with E-state index in [0.717, 1.165) is 56.1 Å². The summed E-state index contributed by atoms with van der Waals surface area (Å²) in [5.74, 6) is 2.06. The van der Waals surface area contributed by atoms with Crippen LogP contribution in [0.5, 0.6) is 17.2 Å². The Balaban J connectivity index is 0.00000370. The Labute approximate surface area is 256 Å². The molecule has 0 spiro atoms. The summed E-state index contributed by atoms with van der Waals surface area (Å²) in [5.41, 5.74) is 1.62. The first-order valence-corrected chi connectivity index (χ1v) is 14.5. The molecule has 0 atom stereocenters. The lowest BCUT2D eigenvalue weighted by molar-refractivity contribution is -0.113. The molecule has 6 nitrogen and oxygen atoms in total. The summed E-state index contributed by atoms with van der Waals surface area (Å²) < 4.78 is 12.3. The predicted octanol–water partition coefficient (Wildman–Crippen LogP) is 6.98. The number of halogens is 2. The molecule has 2 saturated heterocycles. The second-order valence-electron chi connectivity index (χ2n) is 9.48. The van der Waals surface area contributed by atoms with Crippen LogP contribution >= 0.6 is 48.0 Å². The maximum absolute atomic E-state index is 13.2. The molecule has 0 aliphatic carbocycles. The summed E-state index contributed by atoms with van der Waals surface area (Å²) >= 11 is 12.8. The number of thiocarbonyl (C=S) groups is 1. The molecule has 40 heavy (non-hydrogen) atoms. The van der Waals surface area contributed by atoms with Crippen LogP contribution < -0.4 is 14.4 Å². The normalized spacial score (nSPS) is 17.2. The van der Waals surface area contributed by atoms with Crippen molar-refractivity contribution in [1.29, 1.82) is 0 Å². The van der Waals surface area contributed by atoms with Crippen molar-refractivity contribution >= 4 is 70.0 Å². The molecule has 1 amide bonds. The number of hydrogen-bond acceptors (Lipinski definition) is 7. The van der Waals surface area contributed by atoms with E-state index in [0.29, 0.717) is 32.4 Å². The summed E-state index contributed by atoms with van der Waals surface area (Å²) in [6.07, 6.45) is 2.84. The van der Waals surface area contributed by atoms with Crippen molar-refractivity contribution in [2.45, 2.75) is 6.42 Å². The van der Waals surface area contributed by atoms with Gasteiger partial charge in [0, 0.05) is 37.7 Å². The van der Waals surface area contributed by atoms with E-state index in [9.17, 15) is 4.79 Å². The van der Waals surface area contributed by atoms with Gasteiger partial charge in [0.1, 0.15) is 17.2 Å². The zero-order valence-electron chi connectivity index (χ0n) is 22.1. The standard InChI is InChI=1S/C30H30ClN3O3S2.ClH/c1-32-16-18-33(19-17-32)15-2-20-36-25-13-7-24(8-14-25)34-29(35)28(39-30(34)38)21-22-3-9-26(10-4-22)37-27-11-5-23(31)6-12-27;/h3-14,21H,2,15-20H2,1H3;1H/b28-21-;. The Morgan fingerprint density at radius 3 is 2.15 bits per heavy atom. The summed E-state index contributed by atoms with van der Waals surface area (Å²) in [5, 5.41) is 0.659. The first-order valence-electron chi connectivity index (χ1n) is 12.9. The van der Waals surface area contributed by atoms with Crippen LogP contribution in [0.2, 0.25) is 5.02 Å². The Kier molecular flexibility index (Phi) is 10.9. The molecule has 0 unspecified atom stereocenters. The molecule has 3 aromatic rings. The second-order valence-corrected chi connectivity index (χ2v) is 11.6. The monoisotopic (exact) mass is 615 g/mol. The van der Waals surface area contributed by atoms with Crippen molar-refractivity contribution in [3.8, 4) is 17.2 Å². The van der Waals surface area contributed by atoms with Crippen molar-refractivity contribution in [3.63, 3.8) is 0 Å². The molecule has 10 heteroatoms. The smallest absolute Gasteiger partial charge is 0.270 e. The van der Waals surface area contributed by atoms with Gasteiger partial charge in [0.2, 0.25) is 0 Å². The van der Waals surface area contributed by atoms with E-state index in [4.69, 9.17) is 33.3 Å². The molecule has 210 valence electrons. The zero-order chi connectivity index (χ0) is 27.2. The average Bonchev–Trinajstić information content (AvgIpc) is 3.22. The first kappa shape index (κ1) is 30.4. The number of anilines is 1. The summed E-state index contributed by atoms with van der Waals surface area (Å²) in [6, 6.07) is 22.3. The van der Waals surface area contributed by atoms with Crippen LogP contribution in [0, 0.1) is 0 Å². The molecule has 2 fully saturated rings. The zero-order valence-corrected chi connectivity index (χ0v) is 25.3. The molecule has 2 aliphatic heterocycles. The van der Waals surface area contributed by atoms with Crippen molar-refractivity contribution < 1.29 is 14.3 Å². The van der Waals surface area contributed by atoms with Gasteiger partial charge in [0.25, 0.3) is 5.91 Å². The fourth-order valence-corrected chi connectivity index (χ4v) is 5.78. The Bertz CT molecular complexity index is 1330. The number of carbonyl (C=O) groups excluding carboxylic acids is 1. The number of likely N-dealkylation sites (N-methyl/N-ethyl adjacent to an activating group) is 1. The molecule has 2 heterocycles. The third kappa shape index (κ3) is 8.00. The van der Waals surface area contributed by atoms with Gasteiger partial charge in [-0.2, -0.15) is 0 Å². The van der Waals surface area contributed by atoms with Gasteiger partial charge in [0.15, 0.2) is 4.32 Å². The van der Waals surface area contributed by atoms with E-state index >= 15 is 0 Å². The largest absolute Gasteiger partial charge is 0.494 e. The van der Waals surface area contributed by atoms with Gasteiger partial charge in [-0.25, -0.2) is 0 Å². The van der Waals surface area contributed by atoms with E-state index in [2.05, 4.69) is 16.8 Å². The fraction of sp³-hybridized carbons (Fsp3) is 0.267. The first-order chi connectivity index (χ1) is 18.9. The minimum absolute atomic E-state index is 0. The van der Waals surface area contributed by atoms with Crippen LogP contribution in [-0.4, -0.2) is 66.4 Å². The number of thioether (sulfide) groups is 1. The number of piperazine rings is 1. The van der Waals surface area contributed by atoms with Crippen LogP contribution in [-0.2, 0) is 4.79 Å². The Morgan fingerprint density at radius 2 is 1.50 bits per heavy atom. The van der Waals surface area contributed by atoms with Crippen LogP contribution in [0.1, 0.15) is 12.0 Å². The molecule has 0 bridgehead atoms. The predicted molar refractivity (Wildman–Crippen MR) is 171 cm³/mol. The topological polar surface area (TPSA) is 45.2 Å². The number of nitrogens with zero attached hydrogens (tertiary/aromatic N) is 3. The van der Waals surface area contributed by atoms with Crippen LogP contribution in [0.15, 0.2) is 77.7 Å². The average molecular weight is 617 g/mol. The van der Waals surface area contributed by atoms with Gasteiger partial charge >= 0.3 is 0 Å². The van der Waals surface area contributed by atoms with E-state index in [1.165, 1.54) is 11.8 Å². The van der Waals surface area contributed by atoms with E-state index in [-0.39, 0.29) is 18.3 Å². The molecule has 5 rings (SSSR count). The molecule has 0 aromatic heterocycles. The van der Waals surface area contributed by atoms with Crippen LogP contribution in [0.3, 0.4) is 0 Å². The molecular weight excluding hydrogens is 585 g/mol. The van der Waals surface area contributed by atoms with Gasteiger partial charge in [-0.1, -0.05) is 47.7 Å². The number of hydrogen-bond donors (Lipinski definition) is 0. The van der Waals surface area contributed by atoms with Crippen LogP contribution in [0.4, 0.5) is 5.69 Å². The minimum atomic E-state index is -0.132. The molecular formula is C30H31Cl2N3O3S2. The van der Waals surface area contributed by atoms with E-state index in [1.807, 2.05) is 66.7 Å². The third-order valence-electron chi connectivity index (χ3n) is 6.60. The summed E-state index contributed by atoms with van der Waals surface area (Å²) in [7, 11) is 2.17. The molecule has 3 aromatic carbocycles. The van der Waals surface area contributed by atoms with Gasteiger partial charge in [-0.05, 0) is 85.8 Å². The maximum Gasteiger partial charge on any atom is 0.270 e. The number of rotatable bonds is 9. The second kappa shape index (κ2) is 14.3. The van der Waals surface area contributed by atoms with Gasteiger partial charge in [0.05, 0.1) is 17.2 Å². The van der Waals surface area contributed by atoms with E-state index < -0.39 is 0 Å². The lowest BCUT2D eigenvalue weighted by Crippen LogP contribution is -2.44. The van der Waals surface area contributed by atoms with Crippen LogP contribution in [0.25, 0.3) is 6.08 Å². The Morgan fingerprint density at radius 1 is 0.900 bits per heavy atom. The molecule has 2 aliphatic rings. The maximum atomic E-state index is 13.2. The number of benzene rings is 3. The summed E-state index contributed by atoms with van der Waals surface area (Å²) in [4.78, 5) is 20.2. The highest BCUT2D eigenvalue weighted by Gasteiger charge is 2.33. The lowest BCUT2D eigenvalue weighted by Gasteiger charge is -2.32. The van der Waals surface area contributed by atoms with Gasteiger partial charge in [-0.15, -0.1) is 12.4 Å². The quantitative estimate of drug-likeness (QED) is 0.146. The van der Waals surface area contributed by atoms with E-state index in [1.54, 1.807) is 17.0 Å². The SMILES string of the molecule is CN1CCN(CCCOc2ccc(N3C(=O)/C(=C/c4ccc(Oc5ccc(Cl)cc5)cc4)SC3=S)cc2)CC1.Cl. The highest BCUT2D eigenvalue weighted by molar-refractivity contribution is 8.27. The van der Waals surface area contributed by atoms with Crippen molar-refractivity contribution in [3.05, 3.63) is 88.3 Å². The van der Waals surface area contributed by atoms with Crippen molar-refractivity contribution in [2.75, 3.05) is 51.3 Å². The Hall–Kier alpha value is -2.59. The lowest BCUT2D eigenvalue weighted by atomic mass is 10.2. The third-order valence-corrected chi connectivity index (χ3v) is 8.15. The minimum Gasteiger partial charge on any atom is -0.494 e. The van der Waals surface area contributed by atoms with Crippen molar-refractivity contribution in [1.82, 2.24) is 9.80 Å². The van der Waals surface area contributed by atoms with Gasteiger partial charge in [-0.3, -0.25) is 9.69 Å². The van der Waals surface area contributed by atoms with Gasteiger partial charge < -0.3 is 19.3 Å². The fourth-order valence-electron chi connectivity index (χ4n) is 4.35. The molecule has 0 saturated carbocycles. The molecule has 0 radical (unpaired) electrons. The van der Waals surface area contributed by atoms with Crippen molar-refractivity contribution in [2.24, 2.45) is 0 Å². The molecule has 0 N–H and O–H groups in total. The highest BCUT2D eigenvalue weighted by atomic mass is 35.5. The number of carbonyl (C=O) groups is 1. The number of amides is 1. The number of ether oxygens (including phenoxy) is 2.